The van der Waals surface area contributed by atoms with Crippen molar-refractivity contribution in [3.05, 3.63) is 63.3 Å². The predicted molar refractivity (Wildman–Crippen MR) is 84.6 cm³/mol. The number of halogens is 3. The lowest BCUT2D eigenvalue weighted by Crippen LogP contribution is -2.12. The van der Waals surface area contributed by atoms with Gasteiger partial charge in [0.15, 0.2) is 0 Å². The van der Waals surface area contributed by atoms with E-state index in [2.05, 4.69) is 21.2 Å². The first-order valence-corrected chi connectivity index (χ1v) is 7.77. The fourth-order valence-electron chi connectivity index (χ4n) is 2.34. The number of anilines is 1. The zero-order valence-corrected chi connectivity index (χ0v) is 13.1. The van der Waals surface area contributed by atoms with Crippen LogP contribution in [-0.4, -0.2) is 0 Å². The summed E-state index contributed by atoms with van der Waals surface area (Å²) in [6, 6.07) is 12.8. The van der Waals surface area contributed by atoms with Crippen LogP contribution in [0.5, 0.6) is 0 Å². The van der Waals surface area contributed by atoms with E-state index >= 15 is 0 Å². The van der Waals surface area contributed by atoms with Gasteiger partial charge in [-0.1, -0.05) is 23.7 Å². The highest BCUT2D eigenvalue weighted by atomic mass is 79.9. The lowest BCUT2D eigenvalue weighted by molar-refractivity contribution is 0.622. The molecule has 1 aliphatic rings. The molecule has 1 saturated carbocycles. The first-order valence-electron chi connectivity index (χ1n) is 6.60. The van der Waals surface area contributed by atoms with Crippen molar-refractivity contribution < 1.29 is 4.39 Å². The van der Waals surface area contributed by atoms with Crippen molar-refractivity contribution >= 4 is 33.2 Å². The molecule has 0 heterocycles. The van der Waals surface area contributed by atoms with E-state index in [4.69, 9.17) is 11.6 Å². The van der Waals surface area contributed by atoms with E-state index in [0.717, 1.165) is 15.7 Å². The molecule has 0 amide bonds. The SMILES string of the molecule is Fc1ccc(C(Nc2ccc(Br)c(Cl)c2)C2CC2)cc1. The Morgan fingerprint density at radius 1 is 1.15 bits per heavy atom. The van der Waals surface area contributed by atoms with E-state index in [1.807, 2.05) is 30.3 Å². The number of hydrogen-bond donors (Lipinski definition) is 1. The molecule has 20 heavy (non-hydrogen) atoms. The maximum atomic E-state index is 13.0. The zero-order valence-electron chi connectivity index (χ0n) is 10.7. The molecule has 1 fully saturated rings. The van der Waals surface area contributed by atoms with Crippen LogP contribution >= 0.6 is 27.5 Å². The van der Waals surface area contributed by atoms with Crippen molar-refractivity contribution in [3.63, 3.8) is 0 Å². The number of benzene rings is 2. The highest BCUT2D eigenvalue weighted by Gasteiger charge is 2.32. The average Bonchev–Trinajstić information content (AvgIpc) is 3.26. The summed E-state index contributed by atoms with van der Waals surface area (Å²) in [5.41, 5.74) is 2.10. The molecule has 1 atom stereocenters. The van der Waals surface area contributed by atoms with Crippen LogP contribution in [0.4, 0.5) is 10.1 Å². The van der Waals surface area contributed by atoms with Crippen LogP contribution in [0.15, 0.2) is 46.9 Å². The molecule has 2 aromatic carbocycles. The fourth-order valence-corrected chi connectivity index (χ4v) is 2.77. The van der Waals surface area contributed by atoms with Gasteiger partial charge in [0, 0.05) is 10.2 Å². The van der Waals surface area contributed by atoms with Crippen LogP contribution in [0.2, 0.25) is 5.02 Å². The summed E-state index contributed by atoms with van der Waals surface area (Å²) in [5.74, 6) is 0.415. The maximum absolute atomic E-state index is 13.0. The monoisotopic (exact) mass is 353 g/mol. The van der Waals surface area contributed by atoms with E-state index in [0.29, 0.717) is 10.9 Å². The van der Waals surface area contributed by atoms with Crippen LogP contribution in [0.25, 0.3) is 0 Å². The Bertz CT molecular complexity index is 610. The van der Waals surface area contributed by atoms with Crippen LogP contribution < -0.4 is 5.32 Å². The molecular weight excluding hydrogens is 341 g/mol. The molecule has 104 valence electrons. The molecular formula is C16H14BrClFN. The predicted octanol–water partition coefficient (Wildman–Crippen LogP) is 5.80. The van der Waals surface area contributed by atoms with Crippen molar-refractivity contribution in [3.8, 4) is 0 Å². The van der Waals surface area contributed by atoms with E-state index < -0.39 is 0 Å². The van der Waals surface area contributed by atoms with Gasteiger partial charge in [-0.3, -0.25) is 0 Å². The summed E-state index contributed by atoms with van der Waals surface area (Å²) in [6.45, 7) is 0. The molecule has 0 aliphatic heterocycles. The van der Waals surface area contributed by atoms with Gasteiger partial charge in [0.1, 0.15) is 5.82 Å². The fraction of sp³-hybridized carbons (Fsp3) is 0.250. The van der Waals surface area contributed by atoms with Crippen molar-refractivity contribution in [2.24, 2.45) is 5.92 Å². The van der Waals surface area contributed by atoms with E-state index in [1.54, 1.807) is 0 Å². The van der Waals surface area contributed by atoms with Crippen molar-refractivity contribution in [1.29, 1.82) is 0 Å². The van der Waals surface area contributed by atoms with Gasteiger partial charge in [0.25, 0.3) is 0 Å². The van der Waals surface area contributed by atoms with Gasteiger partial charge in [-0.25, -0.2) is 4.39 Å². The van der Waals surface area contributed by atoms with E-state index in [-0.39, 0.29) is 11.9 Å². The molecule has 0 radical (unpaired) electrons. The molecule has 1 N–H and O–H groups in total. The number of rotatable bonds is 4. The third-order valence-corrected chi connectivity index (χ3v) is 4.80. The largest absolute Gasteiger partial charge is 0.378 e. The summed E-state index contributed by atoms with van der Waals surface area (Å²) in [6.07, 6.45) is 2.42. The molecule has 0 bridgehead atoms. The van der Waals surface area contributed by atoms with Gasteiger partial charge in [-0.05, 0) is 70.6 Å². The van der Waals surface area contributed by atoms with Gasteiger partial charge < -0.3 is 5.32 Å². The molecule has 0 spiro atoms. The van der Waals surface area contributed by atoms with Gasteiger partial charge in [0.2, 0.25) is 0 Å². The first kappa shape index (κ1) is 13.9. The summed E-state index contributed by atoms with van der Waals surface area (Å²) < 4.78 is 13.9. The van der Waals surface area contributed by atoms with Gasteiger partial charge in [0.05, 0.1) is 11.1 Å². The standard InChI is InChI=1S/C16H14BrClFN/c17-14-8-7-13(9-15(14)18)20-16(10-1-2-10)11-3-5-12(19)6-4-11/h3-10,16,20H,1-2H2. The first-order chi connectivity index (χ1) is 9.63. The van der Waals surface area contributed by atoms with Crippen molar-refractivity contribution in [1.82, 2.24) is 0 Å². The highest BCUT2D eigenvalue weighted by molar-refractivity contribution is 9.10. The van der Waals surface area contributed by atoms with Crippen molar-refractivity contribution in [2.75, 3.05) is 5.32 Å². The molecule has 1 aliphatic carbocycles. The average molecular weight is 355 g/mol. The molecule has 1 unspecified atom stereocenters. The Morgan fingerprint density at radius 2 is 1.85 bits per heavy atom. The minimum atomic E-state index is -0.199. The van der Waals surface area contributed by atoms with Crippen molar-refractivity contribution in [2.45, 2.75) is 18.9 Å². The number of hydrogen-bond acceptors (Lipinski definition) is 1. The summed E-state index contributed by atoms with van der Waals surface area (Å²) in [5, 5.41) is 4.20. The van der Waals surface area contributed by atoms with Crippen LogP contribution in [0.3, 0.4) is 0 Å². The molecule has 2 aromatic rings. The minimum Gasteiger partial charge on any atom is -0.378 e. The zero-order chi connectivity index (χ0) is 14.1. The molecule has 1 nitrogen and oxygen atoms in total. The summed E-state index contributed by atoms with van der Waals surface area (Å²) in [7, 11) is 0. The molecule has 0 saturated heterocycles. The molecule has 3 rings (SSSR count). The van der Waals surface area contributed by atoms with Crippen LogP contribution in [-0.2, 0) is 0 Å². The second-order valence-corrected chi connectivity index (χ2v) is 6.40. The number of nitrogens with one attached hydrogen (secondary N) is 1. The third kappa shape index (κ3) is 3.15. The third-order valence-electron chi connectivity index (χ3n) is 3.56. The van der Waals surface area contributed by atoms with E-state index in [9.17, 15) is 4.39 Å². The van der Waals surface area contributed by atoms with Gasteiger partial charge in [-0.15, -0.1) is 0 Å². The second-order valence-electron chi connectivity index (χ2n) is 5.14. The van der Waals surface area contributed by atoms with Crippen LogP contribution in [0.1, 0.15) is 24.4 Å². The highest BCUT2D eigenvalue weighted by Crippen LogP contribution is 2.43. The quantitative estimate of drug-likeness (QED) is 0.731. The maximum Gasteiger partial charge on any atom is 0.123 e. The topological polar surface area (TPSA) is 12.0 Å². The summed E-state index contributed by atoms with van der Waals surface area (Å²) >= 11 is 9.51. The van der Waals surface area contributed by atoms with Gasteiger partial charge in [-0.2, -0.15) is 0 Å². The Hall–Kier alpha value is -1.06. The molecule has 0 aromatic heterocycles. The summed E-state index contributed by atoms with van der Waals surface area (Å²) in [4.78, 5) is 0. The normalized spacial score (nSPS) is 15.9. The Morgan fingerprint density at radius 3 is 2.45 bits per heavy atom. The lowest BCUT2D eigenvalue weighted by Gasteiger charge is -2.20. The Kier molecular flexibility index (Phi) is 3.99. The Labute approximate surface area is 131 Å². The van der Waals surface area contributed by atoms with Gasteiger partial charge >= 0.3 is 0 Å². The van der Waals surface area contributed by atoms with Crippen LogP contribution in [0, 0.1) is 11.7 Å². The lowest BCUT2D eigenvalue weighted by atomic mass is 10.0. The van der Waals surface area contributed by atoms with E-state index in [1.165, 1.54) is 25.0 Å². The minimum absolute atomic E-state index is 0.199. The smallest absolute Gasteiger partial charge is 0.123 e. The molecule has 4 heteroatoms. The second kappa shape index (κ2) is 5.74. The Balaban J connectivity index is 1.84.